The lowest BCUT2D eigenvalue weighted by molar-refractivity contribution is -0.146. The van der Waals surface area contributed by atoms with Gasteiger partial charge >= 0.3 is 5.97 Å². The van der Waals surface area contributed by atoms with Crippen LogP contribution in [0.1, 0.15) is 23.4 Å². The van der Waals surface area contributed by atoms with Crippen molar-refractivity contribution in [1.29, 1.82) is 0 Å². The maximum absolute atomic E-state index is 12.1. The average Bonchev–Trinajstić information content (AvgIpc) is 2.56. The van der Waals surface area contributed by atoms with E-state index in [9.17, 15) is 9.59 Å². The predicted octanol–water partition coefficient (Wildman–Crippen LogP) is 2.10. The third-order valence-electron chi connectivity index (χ3n) is 3.45. The first-order valence-electron chi connectivity index (χ1n) is 7.66. The van der Waals surface area contributed by atoms with Gasteiger partial charge in [0.1, 0.15) is 6.61 Å². The number of pyridine rings is 1. The molecule has 126 valence electrons. The summed E-state index contributed by atoms with van der Waals surface area (Å²) in [6, 6.07) is 11.9. The Labute approximate surface area is 141 Å². The monoisotopic (exact) mass is 327 g/mol. The van der Waals surface area contributed by atoms with E-state index in [1.165, 1.54) is 0 Å². The Morgan fingerprint density at radius 3 is 2.54 bits per heavy atom. The third kappa shape index (κ3) is 5.17. The average molecular weight is 327 g/mol. The summed E-state index contributed by atoms with van der Waals surface area (Å²) in [5.41, 5.74) is 8.80. The van der Waals surface area contributed by atoms with E-state index in [0.29, 0.717) is 11.4 Å². The van der Waals surface area contributed by atoms with Gasteiger partial charge in [-0.05, 0) is 31.5 Å². The van der Waals surface area contributed by atoms with Crippen LogP contribution in [0.25, 0.3) is 0 Å². The molecule has 0 bridgehead atoms. The van der Waals surface area contributed by atoms with Crippen molar-refractivity contribution < 1.29 is 14.3 Å². The van der Waals surface area contributed by atoms with Crippen LogP contribution in [0, 0.1) is 13.8 Å². The zero-order valence-electron chi connectivity index (χ0n) is 13.8. The normalized spacial score (nSPS) is 11.6. The van der Waals surface area contributed by atoms with E-state index in [-0.39, 0.29) is 13.0 Å². The number of hydrogen-bond acceptors (Lipinski definition) is 5. The fraction of sp³-hybridized carbons (Fsp3) is 0.278. The van der Waals surface area contributed by atoms with Gasteiger partial charge in [-0.1, -0.05) is 30.3 Å². The molecule has 1 heterocycles. The molecule has 1 amide bonds. The van der Waals surface area contributed by atoms with E-state index in [0.717, 1.165) is 11.3 Å². The van der Waals surface area contributed by atoms with Crippen molar-refractivity contribution in [2.24, 2.45) is 5.73 Å². The molecule has 0 saturated heterocycles. The Morgan fingerprint density at radius 2 is 1.88 bits per heavy atom. The highest BCUT2D eigenvalue weighted by atomic mass is 16.5. The number of carbonyl (C=O) groups excluding carboxylic acids is 2. The molecule has 0 aliphatic heterocycles. The Bertz CT molecular complexity index is 717. The van der Waals surface area contributed by atoms with Gasteiger partial charge in [-0.15, -0.1) is 0 Å². The van der Waals surface area contributed by atoms with Crippen molar-refractivity contribution in [3.8, 4) is 0 Å². The number of carbonyl (C=O) groups is 2. The van der Waals surface area contributed by atoms with Gasteiger partial charge in [0.25, 0.3) is 0 Å². The van der Waals surface area contributed by atoms with Crippen molar-refractivity contribution in [2.75, 3.05) is 5.32 Å². The minimum Gasteiger partial charge on any atom is -0.461 e. The molecule has 1 aromatic heterocycles. The van der Waals surface area contributed by atoms with Gasteiger partial charge in [-0.2, -0.15) is 0 Å². The number of amides is 1. The lowest BCUT2D eigenvalue weighted by Crippen LogP contribution is -2.38. The molecular weight excluding hydrogens is 306 g/mol. The number of nitrogens with two attached hydrogens (primary N) is 1. The van der Waals surface area contributed by atoms with Crippen LogP contribution in [0.3, 0.4) is 0 Å². The minimum atomic E-state index is -0.978. The Hall–Kier alpha value is -2.73. The number of aromatic nitrogens is 1. The molecule has 0 aliphatic rings. The SMILES string of the molecule is Cc1ccc(NC(=O)[C@@H](N)CC(=O)OCc2ccccc2)c(C)n1. The summed E-state index contributed by atoms with van der Waals surface area (Å²) >= 11 is 0. The molecule has 0 saturated carbocycles. The van der Waals surface area contributed by atoms with Crippen LogP contribution in [0.4, 0.5) is 5.69 Å². The maximum Gasteiger partial charge on any atom is 0.308 e. The van der Waals surface area contributed by atoms with Gasteiger partial charge in [-0.3, -0.25) is 14.6 Å². The van der Waals surface area contributed by atoms with E-state index in [1.54, 1.807) is 19.1 Å². The van der Waals surface area contributed by atoms with Crippen LogP contribution in [0.2, 0.25) is 0 Å². The summed E-state index contributed by atoms with van der Waals surface area (Å²) in [6.07, 6.45) is -0.184. The van der Waals surface area contributed by atoms with Gasteiger partial charge in [0.15, 0.2) is 0 Å². The van der Waals surface area contributed by atoms with Crippen LogP contribution in [-0.4, -0.2) is 22.9 Å². The number of rotatable bonds is 6. The zero-order valence-corrected chi connectivity index (χ0v) is 13.8. The second-order valence-corrected chi connectivity index (χ2v) is 5.53. The Balaban J connectivity index is 1.83. The summed E-state index contributed by atoms with van der Waals surface area (Å²) < 4.78 is 5.13. The number of anilines is 1. The maximum atomic E-state index is 12.1. The highest BCUT2D eigenvalue weighted by Gasteiger charge is 2.19. The number of hydrogen-bond donors (Lipinski definition) is 2. The molecule has 6 nitrogen and oxygen atoms in total. The minimum absolute atomic E-state index is 0.162. The number of esters is 1. The third-order valence-corrected chi connectivity index (χ3v) is 3.45. The van der Waals surface area contributed by atoms with Gasteiger partial charge in [0.2, 0.25) is 5.91 Å². The molecular formula is C18H21N3O3. The van der Waals surface area contributed by atoms with Crippen LogP contribution < -0.4 is 11.1 Å². The second-order valence-electron chi connectivity index (χ2n) is 5.53. The standard InChI is InChI=1S/C18H21N3O3/c1-12-8-9-16(13(2)20-12)21-18(23)15(19)10-17(22)24-11-14-6-4-3-5-7-14/h3-9,15H,10-11,19H2,1-2H3,(H,21,23)/t15-/m0/s1. The second kappa shape index (κ2) is 8.21. The summed E-state index contributed by atoms with van der Waals surface area (Å²) in [5.74, 6) is -0.958. The molecule has 1 aromatic carbocycles. The molecule has 2 aromatic rings. The van der Waals surface area contributed by atoms with Crippen LogP contribution >= 0.6 is 0 Å². The fourth-order valence-corrected chi connectivity index (χ4v) is 2.11. The highest BCUT2D eigenvalue weighted by Crippen LogP contribution is 2.13. The first kappa shape index (κ1) is 17.6. The van der Waals surface area contributed by atoms with E-state index >= 15 is 0 Å². The quantitative estimate of drug-likeness (QED) is 0.792. The van der Waals surface area contributed by atoms with E-state index < -0.39 is 17.9 Å². The molecule has 0 unspecified atom stereocenters. The Morgan fingerprint density at radius 1 is 1.17 bits per heavy atom. The van der Waals surface area contributed by atoms with Gasteiger partial charge in [0, 0.05) is 5.69 Å². The van der Waals surface area contributed by atoms with Crippen molar-refractivity contribution >= 4 is 17.6 Å². The van der Waals surface area contributed by atoms with Crippen molar-refractivity contribution in [1.82, 2.24) is 4.98 Å². The van der Waals surface area contributed by atoms with Gasteiger partial charge in [-0.25, -0.2) is 0 Å². The molecule has 0 aliphatic carbocycles. The lowest BCUT2D eigenvalue weighted by atomic mass is 10.2. The van der Waals surface area contributed by atoms with E-state index in [2.05, 4.69) is 10.3 Å². The fourth-order valence-electron chi connectivity index (χ4n) is 2.11. The van der Waals surface area contributed by atoms with Crippen molar-refractivity contribution in [3.63, 3.8) is 0 Å². The van der Waals surface area contributed by atoms with E-state index in [4.69, 9.17) is 10.5 Å². The molecule has 0 radical (unpaired) electrons. The molecule has 0 fully saturated rings. The topological polar surface area (TPSA) is 94.3 Å². The number of ether oxygens (including phenoxy) is 1. The summed E-state index contributed by atoms with van der Waals surface area (Å²) in [7, 11) is 0. The first-order chi connectivity index (χ1) is 11.5. The summed E-state index contributed by atoms with van der Waals surface area (Å²) in [4.78, 5) is 28.2. The molecule has 1 atom stereocenters. The van der Waals surface area contributed by atoms with Gasteiger partial charge < -0.3 is 15.8 Å². The summed E-state index contributed by atoms with van der Waals surface area (Å²) in [6.45, 7) is 3.82. The number of benzene rings is 1. The Kier molecular flexibility index (Phi) is 6.03. The smallest absolute Gasteiger partial charge is 0.308 e. The molecule has 2 rings (SSSR count). The zero-order chi connectivity index (χ0) is 17.5. The van der Waals surface area contributed by atoms with Crippen LogP contribution in [-0.2, 0) is 20.9 Å². The van der Waals surface area contributed by atoms with Crippen molar-refractivity contribution in [3.05, 3.63) is 59.4 Å². The largest absolute Gasteiger partial charge is 0.461 e. The lowest BCUT2D eigenvalue weighted by Gasteiger charge is -2.13. The van der Waals surface area contributed by atoms with Crippen molar-refractivity contribution in [2.45, 2.75) is 32.9 Å². The predicted molar refractivity (Wildman–Crippen MR) is 91.2 cm³/mol. The number of nitrogens with zero attached hydrogens (tertiary/aromatic N) is 1. The van der Waals surface area contributed by atoms with Gasteiger partial charge in [0.05, 0.1) is 23.8 Å². The molecule has 0 spiro atoms. The molecule has 3 N–H and O–H groups in total. The number of nitrogens with one attached hydrogen (secondary N) is 1. The summed E-state index contributed by atoms with van der Waals surface area (Å²) in [5, 5.41) is 2.68. The van der Waals surface area contributed by atoms with E-state index in [1.807, 2.05) is 37.3 Å². The van der Waals surface area contributed by atoms with Crippen LogP contribution in [0.15, 0.2) is 42.5 Å². The first-order valence-corrected chi connectivity index (χ1v) is 7.66. The highest BCUT2D eigenvalue weighted by molar-refractivity contribution is 5.97. The molecule has 6 heteroatoms. The van der Waals surface area contributed by atoms with Crippen LogP contribution in [0.5, 0.6) is 0 Å². The number of aryl methyl sites for hydroxylation is 2. The molecule has 24 heavy (non-hydrogen) atoms.